The highest BCUT2D eigenvalue weighted by Crippen LogP contribution is 2.26. The number of para-hydroxylation sites is 1. The van der Waals surface area contributed by atoms with Gasteiger partial charge in [0.05, 0.1) is 11.9 Å². The predicted molar refractivity (Wildman–Crippen MR) is 82.1 cm³/mol. The topological polar surface area (TPSA) is 92.4 Å². The highest BCUT2D eigenvalue weighted by molar-refractivity contribution is 8.00. The number of nitrogens with two attached hydrogens (primary N) is 1. The zero-order valence-electron chi connectivity index (χ0n) is 11.2. The summed E-state index contributed by atoms with van der Waals surface area (Å²) in [6, 6.07) is 7.42. The van der Waals surface area contributed by atoms with Gasteiger partial charge in [0.25, 0.3) is 0 Å². The third-order valence-corrected chi connectivity index (χ3v) is 6.03. The zero-order valence-corrected chi connectivity index (χ0v) is 12.8. The van der Waals surface area contributed by atoms with Gasteiger partial charge in [0.15, 0.2) is 0 Å². The van der Waals surface area contributed by atoms with E-state index in [0.717, 1.165) is 4.90 Å². The molecular formula is C13H20N2O3S2. The minimum Gasteiger partial charge on any atom is -0.398 e. The Morgan fingerprint density at radius 1 is 1.35 bits per heavy atom. The number of sulfonamides is 1. The SMILES string of the molecule is Nc1ccccc1SCCS(=O)(=O)NCC1CC(O)C1. The molecule has 0 spiro atoms. The Labute approximate surface area is 124 Å². The standard InChI is InChI=1S/C13H20N2O3S2/c14-12-3-1-2-4-13(12)19-5-6-20(17,18)15-9-10-7-11(16)8-10/h1-4,10-11,15-16H,5-9,14H2. The van der Waals surface area contributed by atoms with E-state index in [0.29, 0.717) is 30.8 Å². The lowest BCUT2D eigenvalue weighted by Gasteiger charge is -2.31. The molecule has 1 aromatic carbocycles. The number of aliphatic hydroxyl groups is 1. The number of hydrogen-bond donors (Lipinski definition) is 3. The Bertz CT molecular complexity index is 542. The summed E-state index contributed by atoms with van der Waals surface area (Å²) in [7, 11) is -3.25. The quantitative estimate of drug-likeness (QED) is 0.516. The number of benzene rings is 1. The molecule has 0 aliphatic heterocycles. The summed E-state index contributed by atoms with van der Waals surface area (Å²) in [4.78, 5) is 0.907. The van der Waals surface area contributed by atoms with Gasteiger partial charge in [0, 0.05) is 22.9 Å². The summed E-state index contributed by atoms with van der Waals surface area (Å²) in [5.74, 6) is 0.815. The first kappa shape index (κ1) is 15.6. The maximum absolute atomic E-state index is 11.8. The van der Waals surface area contributed by atoms with Crippen LogP contribution in [0.25, 0.3) is 0 Å². The van der Waals surface area contributed by atoms with E-state index >= 15 is 0 Å². The molecular weight excluding hydrogens is 296 g/mol. The number of hydrogen-bond acceptors (Lipinski definition) is 5. The minimum absolute atomic E-state index is 0.0707. The van der Waals surface area contributed by atoms with Gasteiger partial charge in [0.2, 0.25) is 10.0 Å². The van der Waals surface area contributed by atoms with Crippen LogP contribution in [-0.2, 0) is 10.0 Å². The van der Waals surface area contributed by atoms with Gasteiger partial charge >= 0.3 is 0 Å². The van der Waals surface area contributed by atoms with Gasteiger partial charge in [-0.25, -0.2) is 13.1 Å². The molecule has 4 N–H and O–H groups in total. The molecule has 0 bridgehead atoms. The van der Waals surface area contributed by atoms with E-state index in [-0.39, 0.29) is 17.8 Å². The molecule has 1 aromatic rings. The summed E-state index contributed by atoms with van der Waals surface area (Å²) in [5.41, 5.74) is 6.47. The molecule has 0 unspecified atom stereocenters. The number of rotatable bonds is 7. The lowest BCUT2D eigenvalue weighted by molar-refractivity contribution is 0.0453. The summed E-state index contributed by atoms with van der Waals surface area (Å²) in [5, 5.41) is 9.15. The van der Waals surface area contributed by atoms with Crippen LogP contribution in [0.15, 0.2) is 29.2 Å². The van der Waals surface area contributed by atoms with E-state index in [1.165, 1.54) is 11.8 Å². The fraction of sp³-hybridized carbons (Fsp3) is 0.538. The molecule has 1 saturated carbocycles. The lowest BCUT2D eigenvalue weighted by atomic mass is 9.83. The monoisotopic (exact) mass is 316 g/mol. The summed E-state index contributed by atoms with van der Waals surface area (Å²) < 4.78 is 26.2. The van der Waals surface area contributed by atoms with Crippen molar-refractivity contribution in [1.82, 2.24) is 4.72 Å². The molecule has 0 aromatic heterocycles. The molecule has 0 saturated heterocycles. The molecule has 7 heteroatoms. The Kier molecular flexibility index (Phi) is 5.31. The van der Waals surface area contributed by atoms with Gasteiger partial charge in [-0.05, 0) is 30.9 Å². The summed E-state index contributed by atoms with van der Waals surface area (Å²) in [6.07, 6.45) is 1.14. The van der Waals surface area contributed by atoms with E-state index in [1.807, 2.05) is 18.2 Å². The number of nitrogen functional groups attached to an aromatic ring is 1. The Hall–Kier alpha value is -0.760. The van der Waals surface area contributed by atoms with E-state index in [9.17, 15) is 8.42 Å². The highest BCUT2D eigenvalue weighted by atomic mass is 32.2. The van der Waals surface area contributed by atoms with Crippen molar-refractivity contribution in [3.8, 4) is 0 Å². The molecule has 1 fully saturated rings. The van der Waals surface area contributed by atoms with Gasteiger partial charge in [-0.3, -0.25) is 0 Å². The van der Waals surface area contributed by atoms with Gasteiger partial charge in [-0.2, -0.15) is 0 Å². The second kappa shape index (κ2) is 6.80. The third kappa shape index (κ3) is 4.66. The first-order valence-corrected chi connectivity index (χ1v) is 9.23. The van der Waals surface area contributed by atoms with Gasteiger partial charge < -0.3 is 10.8 Å². The highest BCUT2D eigenvalue weighted by Gasteiger charge is 2.27. The van der Waals surface area contributed by atoms with Crippen molar-refractivity contribution in [3.63, 3.8) is 0 Å². The number of anilines is 1. The fourth-order valence-corrected chi connectivity index (χ4v) is 4.53. The average Bonchev–Trinajstić information content (AvgIpc) is 2.35. The van der Waals surface area contributed by atoms with Crippen LogP contribution >= 0.6 is 11.8 Å². The van der Waals surface area contributed by atoms with Crippen LogP contribution < -0.4 is 10.5 Å². The number of nitrogens with one attached hydrogen (secondary N) is 1. The smallest absolute Gasteiger partial charge is 0.212 e. The van der Waals surface area contributed by atoms with E-state index in [1.54, 1.807) is 6.07 Å². The predicted octanol–water partition coefficient (Wildman–Crippen LogP) is 1.05. The largest absolute Gasteiger partial charge is 0.398 e. The molecule has 112 valence electrons. The molecule has 5 nitrogen and oxygen atoms in total. The van der Waals surface area contributed by atoms with Gasteiger partial charge in [-0.15, -0.1) is 11.8 Å². The van der Waals surface area contributed by atoms with Crippen LogP contribution in [0, 0.1) is 5.92 Å². The zero-order chi connectivity index (χ0) is 14.6. The van der Waals surface area contributed by atoms with Crippen LogP contribution in [0.3, 0.4) is 0 Å². The van der Waals surface area contributed by atoms with Crippen molar-refractivity contribution in [2.75, 3.05) is 23.8 Å². The minimum atomic E-state index is -3.25. The molecule has 0 atom stereocenters. The fourth-order valence-electron chi connectivity index (χ4n) is 2.06. The second-order valence-electron chi connectivity index (χ2n) is 5.04. The number of thioether (sulfide) groups is 1. The first-order chi connectivity index (χ1) is 9.46. The van der Waals surface area contributed by atoms with Crippen LogP contribution in [0.4, 0.5) is 5.69 Å². The van der Waals surface area contributed by atoms with Crippen molar-refractivity contribution in [1.29, 1.82) is 0 Å². The second-order valence-corrected chi connectivity index (χ2v) is 8.11. The molecule has 0 radical (unpaired) electrons. The van der Waals surface area contributed by atoms with Crippen LogP contribution in [0.2, 0.25) is 0 Å². The van der Waals surface area contributed by atoms with Crippen molar-refractivity contribution < 1.29 is 13.5 Å². The average molecular weight is 316 g/mol. The summed E-state index contributed by atoms with van der Waals surface area (Å²) in [6.45, 7) is 0.428. The summed E-state index contributed by atoms with van der Waals surface area (Å²) >= 11 is 1.44. The van der Waals surface area contributed by atoms with Crippen molar-refractivity contribution in [3.05, 3.63) is 24.3 Å². The first-order valence-electron chi connectivity index (χ1n) is 6.59. The Balaban J connectivity index is 1.71. The normalized spacial score (nSPS) is 22.4. The van der Waals surface area contributed by atoms with E-state index in [4.69, 9.17) is 10.8 Å². The van der Waals surface area contributed by atoms with E-state index in [2.05, 4.69) is 4.72 Å². The number of aliphatic hydroxyl groups excluding tert-OH is 1. The maximum Gasteiger partial charge on any atom is 0.212 e. The third-order valence-electron chi connectivity index (χ3n) is 3.33. The van der Waals surface area contributed by atoms with Crippen LogP contribution in [0.1, 0.15) is 12.8 Å². The van der Waals surface area contributed by atoms with Crippen molar-refractivity contribution >= 4 is 27.5 Å². The lowest BCUT2D eigenvalue weighted by Crippen LogP contribution is -2.39. The Morgan fingerprint density at radius 3 is 2.70 bits per heavy atom. The molecule has 20 heavy (non-hydrogen) atoms. The van der Waals surface area contributed by atoms with Crippen molar-refractivity contribution in [2.24, 2.45) is 5.92 Å². The van der Waals surface area contributed by atoms with Gasteiger partial charge in [-0.1, -0.05) is 12.1 Å². The van der Waals surface area contributed by atoms with Crippen LogP contribution in [0.5, 0.6) is 0 Å². The molecule has 1 aliphatic rings. The Morgan fingerprint density at radius 2 is 2.05 bits per heavy atom. The molecule has 0 amide bonds. The van der Waals surface area contributed by atoms with Crippen molar-refractivity contribution in [2.45, 2.75) is 23.8 Å². The molecule has 2 rings (SSSR count). The van der Waals surface area contributed by atoms with E-state index < -0.39 is 10.0 Å². The maximum atomic E-state index is 11.8. The molecule has 0 heterocycles. The molecule has 1 aliphatic carbocycles. The van der Waals surface area contributed by atoms with Crippen LogP contribution in [-0.4, -0.2) is 37.7 Å². The van der Waals surface area contributed by atoms with Gasteiger partial charge in [0.1, 0.15) is 0 Å².